The first kappa shape index (κ1) is 6.93. The van der Waals surface area contributed by atoms with E-state index < -0.39 is 0 Å². The van der Waals surface area contributed by atoms with Gasteiger partial charge in [0.1, 0.15) is 0 Å². The van der Waals surface area contributed by atoms with Crippen LogP contribution in [0, 0.1) is 6.92 Å². The number of nitrogens with one attached hydrogen (secondary N) is 1. The molecule has 1 aromatic carbocycles. The lowest BCUT2D eigenvalue weighted by atomic mass is 10.2. The lowest BCUT2D eigenvalue weighted by Crippen LogP contribution is -1.97. The Morgan fingerprint density at radius 1 is 1.40 bits per heavy atom. The van der Waals surface area contributed by atoms with Gasteiger partial charge < -0.3 is 10.4 Å². The van der Waals surface area contributed by atoms with Crippen LogP contribution in [0.25, 0.3) is 0 Å². The van der Waals surface area contributed by atoms with E-state index in [-0.39, 0.29) is 5.75 Å². The van der Waals surface area contributed by atoms with Crippen molar-refractivity contribution in [1.82, 2.24) is 0 Å². The van der Waals surface area contributed by atoms with Gasteiger partial charge in [0, 0.05) is 12.7 Å². The molecule has 0 saturated carbocycles. The second kappa shape index (κ2) is 2.60. The number of anilines is 1. The monoisotopic (exact) mass is 136 g/mol. The van der Waals surface area contributed by atoms with E-state index in [1.54, 1.807) is 13.1 Å². The predicted octanol–water partition coefficient (Wildman–Crippen LogP) is 1.11. The van der Waals surface area contributed by atoms with Crippen molar-refractivity contribution in [1.29, 1.82) is 0 Å². The van der Waals surface area contributed by atoms with E-state index >= 15 is 0 Å². The fourth-order valence-electron chi connectivity index (χ4n) is 0.839. The SMILES string of the molecule is CNc1cc(C)ccc1[O-]. The minimum absolute atomic E-state index is 0.0492. The molecule has 1 aromatic rings. The van der Waals surface area contributed by atoms with Crippen molar-refractivity contribution in [3.63, 3.8) is 0 Å². The molecule has 0 aliphatic rings. The lowest BCUT2D eigenvalue weighted by Gasteiger charge is -2.12. The Kier molecular flexibility index (Phi) is 1.81. The molecule has 0 radical (unpaired) electrons. The summed E-state index contributed by atoms with van der Waals surface area (Å²) < 4.78 is 0. The summed E-state index contributed by atoms with van der Waals surface area (Å²) in [6, 6.07) is 5.21. The number of hydrogen-bond acceptors (Lipinski definition) is 2. The van der Waals surface area contributed by atoms with Crippen molar-refractivity contribution in [3.05, 3.63) is 23.8 Å². The Morgan fingerprint density at radius 3 is 2.60 bits per heavy atom. The summed E-state index contributed by atoms with van der Waals surface area (Å²) in [6.45, 7) is 1.96. The summed E-state index contributed by atoms with van der Waals surface area (Å²) in [7, 11) is 1.75. The zero-order valence-electron chi connectivity index (χ0n) is 6.14. The van der Waals surface area contributed by atoms with Crippen LogP contribution in [0.5, 0.6) is 5.75 Å². The molecule has 0 heterocycles. The molecule has 2 nitrogen and oxygen atoms in total. The normalized spacial score (nSPS) is 9.40. The molecular formula is C8H10NO-. The molecule has 1 N–H and O–H groups in total. The molecule has 0 unspecified atom stereocenters. The highest BCUT2D eigenvalue weighted by Crippen LogP contribution is 2.19. The van der Waals surface area contributed by atoms with Crippen LogP contribution in [0.4, 0.5) is 5.69 Å². The van der Waals surface area contributed by atoms with Crippen LogP contribution in [0.15, 0.2) is 18.2 Å². The Hall–Kier alpha value is -1.18. The van der Waals surface area contributed by atoms with Crippen LogP contribution >= 0.6 is 0 Å². The van der Waals surface area contributed by atoms with Gasteiger partial charge in [0.2, 0.25) is 0 Å². The van der Waals surface area contributed by atoms with Gasteiger partial charge in [-0.05, 0) is 18.6 Å². The largest absolute Gasteiger partial charge is 0.871 e. The van der Waals surface area contributed by atoms with Crippen molar-refractivity contribution in [2.75, 3.05) is 12.4 Å². The fourth-order valence-corrected chi connectivity index (χ4v) is 0.839. The predicted molar refractivity (Wildman–Crippen MR) is 40.2 cm³/mol. The maximum absolute atomic E-state index is 10.9. The first-order chi connectivity index (χ1) is 4.74. The molecule has 0 aliphatic carbocycles. The second-order valence-electron chi connectivity index (χ2n) is 2.25. The first-order valence-corrected chi connectivity index (χ1v) is 3.19. The molecular weight excluding hydrogens is 126 g/mol. The van der Waals surface area contributed by atoms with Crippen LogP contribution in [-0.2, 0) is 0 Å². The zero-order chi connectivity index (χ0) is 7.56. The molecule has 0 bridgehead atoms. The van der Waals surface area contributed by atoms with Gasteiger partial charge in [0.25, 0.3) is 0 Å². The summed E-state index contributed by atoms with van der Waals surface area (Å²) in [6.07, 6.45) is 0. The molecule has 0 atom stereocenters. The molecule has 0 saturated heterocycles. The Morgan fingerprint density at radius 2 is 2.10 bits per heavy atom. The zero-order valence-corrected chi connectivity index (χ0v) is 6.14. The molecule has 0 amide bonds. The van der Waals surface area contributed by atoms with E-state index in [1.165, 1.54) is 0 Å². The van der Waals surface area contributed by atoms with Crippen molar-refractivity contribution in [2.24, 2.45) is 0 Å². The van der Waals surface area contributed by atoms with Gasteiger partial charge in [0.15, 0.2) is 0 Å². The summed E-state index contributed by atoms with van der Waals surface area (Å²) in [5.41, 5.74) is 1.77. The van der Waals surface area contributed by atoms with Crippen molar-refractivity contribution in [2.45, 2.75) is 6.92 Å². The fraction of sp³-hybridized carbons (Fsp3) is 0.250. The summed E-state index contributed by atoms with van der Waals surface area (Å²) >= 11 is 0. The average Bonchev–Trinajstić information content (AvgIpc) is 1.94. The van der Waals surface area contributed by atoms with Crippen molar-refractivity contribution >= 4 is 5.69 Å². The van der Waals surface area contributed by atoms with Gasteiger partial charge in [-0.2, -0.15) is 0 Å². The number of hydrogen-bond donors (Lipinski definition) is 1. The second-order valence-corrected chi connectivity index (χ2v) is 2.25. The maximum Gasteiger partial charge on any atom is 0.0260 e. The first-order valence-electron chi connectivity index (χ1n) is 3.19. The van der Waals surface area contributed by atoms with E-state index in [1.807, 2.05) is 19.1 Å². The van der Waals surface area contributed by atoms with Gasteiger partial charge in [-0.25, -0.2) is 0 Å². The molecule has 0 spiro atoms. The van der Waals surface area contributed by atoms with Gasteiger partial charge in [-0.3, -0.25) is 0 Å². The highest BCUT2D eigenvalue weighted by molar-refractivity contribution is 5.55. The number of benzene rings is 1. The standard InChI is InChI=1S/C8H11NO/c1-6-3-4-8(10)7(5-6)9-2/h3-5,9-10H,1-2H3/p-1. The maximum atomic E-state index is 10.9. The van der Waals surface area contributed by atoms with E-state index in [0.29, 0.717) is 5.69 Å². The Bertz CT molecular complexity index is 233. The highest BCUT2D eigenvalue weighted by atomic mass is 16.3. The van der Waals surface area contributed by atoms with Crippen molar-refractivity contribution < 1.29 is 5.11 Å². The van der Waals surface area contributed by atoms with Crippen LogP contribution in [0.1, 0.15) is 5.56 Å². The molecule has 0 aliphatic heterocycles. The van der Waals surface area contributed by atoms with E-state index in [9.17, 15) is 5.11 Å². The molecule has 54 valence electrons. The third-order valence-corrected chi connectivity index (χ3v) is 1.40. The van der Waals surface area contributed by atoms with Crippen LogP contribution in [0.3, 0.4) is 0 Å². The van der Waals surface area contributed by atoms with Gasteiger partial charge in [-0.15, -0.1) is 0 Å². The van der Waals surface area contributed by atoms with Crippen LogP contribution in [-0.4, -0.2) is 7.05 Å². The third kappa shape index (κ3) is 1.21. The van der Waals surface area contributed by atoms with Gasteiger partial charge in [0.05, 0.1) is 0 Å². The summed E-state index contributed by atoms with van der Waals surface area (Å²) in [5.74, 6) is 0.0492. The van der Waals surface area contributed by atoms with Crippen LogP contribution < -0.4 is 10.4 Å². The molecule has 10 heavy (non-hydrogen) atoms. The van der Waals surface area contributed by atoms with Gasteiger partial charge in [-0.1, -0.05) is 17.9 Å². The molecule has 1 rings (SSSR count). The lowest BCUT2D eigenvalue weighted by molar-refractivity contribution is -0.267. The smallest absolute Gasteiger partial charge is 0.0260 e. The Labute approximate surface area is 60.5 Å². The highest BCUT2D eigenvalue weighted by Gasteiger charge is 1.88. The minimum Gasteiger partial charge on any atom is -0.871 e. The van der Waals surface area contributed by atoms with Crippen molar-refractivity contribution in [3.8, 4) is 5.75 Å². The van der Waals surface area contributed by atoms with E-state index in [4.69, 9.17) is 0 Å². The minimum atomic E-state index is 0.0492. The average molecular weight is 136 g/mol. The molecule has 0 aromatic heterocycles. The number of aryl methyl sites for hydroxylation is 1. The third-order valence-electron chi connectivity index (χ3n) is 1.40. The quantitative estimate of drug-likeness (QED) is 0.627. The molecule has 2 heteroatoms. The molecule has 0 fully saturated rings. The van der Waals surface area contributed by atoms with Crippen LogP contribution in [0.2, 0.25) is 0 Å². The van der Waals surface area contributed by atoms with E-state index in [2.05, 4.69) is 5.32 Å². The Balaban J connectivity index is 3.09. The topological polar surface area (TPSA) is 35.1 Å². The number of rotatable bonds is 1. The van der Waals surface area contributed by atoms with Gasteiger partial charge >= 0.3 is 0 Å². The summed E-state index contributed by atoms with van der Waals surface area (Å²) in [5, 5.41) is 13.8. The van der Waals surface area contributed by atoms with E-state index in [0.717, 1.165) is 5.56 Å². The summed E-state index contributed by atoms with van der Waals surface area (Å²) in [4.78, 5) is 0.